The Labute approximate surface area is 207 Å². The first kappa shape index (κ1) is 27.1. The van der Waals surface area contributed by atoms with E-state index in [0.29, 0.717) is 19.1 Å². The fourth-order valence-corrected chi connectivity index (χ4v) is 4.56. The summed E-state index contributed by atoms with van der Waals surface area (Å²) >= 11 is 0. The van der Waals surface area contributed by atoms with Crippen molar-refractivity contribution in [3.8, 4) is 5.88 Å². The number of rotatable bonds is 9. The Hall–Kier alpha value is -2.46. The average molecular weight is 493 g/mol. The molecule has 10 heteroatoms. The van der Waals surface area contributed by atoms with Crippen molar-refractivity contribution in [1.82, 2.24) is 20.6 Å². The van der Waals surface area contributed by atoms with E-state index in [0.717, 1.165) is 50.8 Å². The van der Waals surface area contributed by atoms with E-state index >= 15 is 0 Å². The maximum absolute atomic E-state index is 12.2. The highest BCUT2D eigenvalue weighted by atomic mass is 16.6. The third-order valence-electron chi connectivity index (χ3n) is 6.18. The van der Waals surface area contributed by atoms with Crippen LogP contribution in [-0.2, 0) is 19.0 Å². The van der Waals surface area contributed by atoms with Crippen LogP contribution in [0.3, 0.4) is 0 Å². The predicted octanol–water partition coefficient (Wildman–Crippen LogP) is 3.11. The zero-order valence-electron chi connectivity index (χ0n) is 21.4. The minimum absolute atomic E-state index is 0.0198. The number of alkyl carbamates (subject to hydrolysis) is 1. The van der Waals surface area contributed by atoms with Gasteiger partial charge < -0.3 is 29.6 Å². The molecular weight excluding hydrogens is 452 g/mol. The number of amides is 1. The zero-order chi connectivity index (χ0) is 25.3. The van der Waals surface area contributed by atoms with Crippen LogP contribution in [0.5, 0.6) is 5.88 Å². The number of piperidine rings is 1. The first-order valence-electron chi connectivity index (χ1n) is 12.7. The molecule has 0 aromatic carbocycles. The van der Waals surface area contributed by atoms with Gasteiger partial charge in [0, 0.05) is 24.4 Å². The molecule has 1 saturated heterocycles. The minimum atomic E-state index is -0.524. The fraction of sp³-hybridized carbons (Fsp3) is 0.760. The minimum Gasteiger partial charge on any atom is -0.464 e. The van der Waals surface area contributed by atoms with Gasteiger partial charge in [0.25, 0.3) is 0 Å². The van der Waals surface area contributed by atoms with Gasteiger partial charge in [-0.15, -0.1) is 0 Å². The van der Waals surface area contributed by atoms with E-state index in [4.69, 9.17) is 18.9 Å². The molecule has 1 aliphatic heterocycles. The molecule has 2 aliphatic rings. The van der Waals surface area contributed by atoms with Crippen molar-refractivity contribution in [2.75, 3.05) is 26.4 Å². The molecule has 196 valence electrons. The number of ether oxygens (including phenoxy) is 4. The summed E-state index contributed by atoms with van der Waals surface area (Å²) in [4.78, 5) is 32.7. The quantitative estimate of drug-likeness (QED) is 0.501. The Morgan fingerprint density at radius 1 is 1.11 bits per heavy atom. The molecule has 0 spiro atoms. The fourth-order valence-electron chi connectivity index (χ4n) is 4.56. The van der Waals surface area contributed by atoms with E-state index < -0.39 is 11.6 Å². The van der Waals surface area contributed by atoms with Gasteiger partial charge >= 0.3 is 12.1 Å². The number of carbonyl (C=O) groups is 2. The van der Waals surface area contributed by atoms with Gasteiger partial charge in [-0.2, -0.15) is 0 Å². The van der Waals surface area contributed by atoms with Gasteiger partial charge in [-0.25, -0.2) is 14.6 Å². The topological polar surface area (TPSA) is 121 Å². The molecule has 2 fully saturated rings. The lowest BCUT2D eigenvalue weighted by molar-refractivity contribution is -0.145. The number of hydrogen-bond donors (Lipinski definition) is 2. The number of nitrogens with one attached hydrogen (secondary N) is 2. The van der Waals surface area contributed by atoms with Gasteiger partial charge in [0.1, 0.15) is 11.3 Å². The first-order chi connectivity index (χ1) is 16.7. The van der Waals surface area contributed by atoms with Crippen molar-refractivity contribution in [3.63, 3.8) is 0 Å². The van der Waals surface area contributed by atoms with Crippen LogP contribution < -0.4 is 15.4 Å². The second-order valence-electron chi connectivity index (χ2n) is 10.1. The SMILES string of the molecule is CCOC(=O)COc1nccnc1[C@H]1CC[C@@H](OC[C@@H]2NCCC[C@@H]2NC(=O)OC(C)(C)C)CC1. The second kappa shape index (κ2) is 13.0. The van der Waals surface area contributed by atoms with Crippen LogP contribution in [0.4, 0.5) is 4.79 Å². The monoisotopic (exact) mass is 492 g/mol. The highest BCUT2D eigenvalue weighted by molar-refractivity contribution is 5.71. The Morgan fingerprint density at radius 2 is 1.86 bits per heavy atom. The lowest BCUT2D eigenvalue weighted by Crippen LogP contribution is -2.56. The number of esters is 1. The highest BCUT2D eigenvalue weighted by Crippen LogP contribution is 2.36. The summed E-state index contributed by atoms with van der Waals surface area (Å²) in [5.74, 6) is 0.180. The van der Waals surface area contributed by atoms with Gasteiger partial charge in [-0.1, -0.05) is 0 Å². The second-order valence-corrected chi connectivity index (χ2v) is 10.1. The van der Waals surface area contributed by atoms with Gasteiger partial charge in [0.2, 0.25) is 5.88 Å². The molecule has 35 heavy (non-hydrogen) atoms. The molecule has 0 unspecified atom stereocenters. The maximum atomic E-state index is 12.2. The molecule has 1 aliphatic carbocycles. The third kappa shape index (κ3) is 8.92. The van der Waals surface area contributed by atoms with E-state index in [1.165, 1.54) is 0 Å². The summed E-state index contributed by atoms with van der Waals surface area (Å²) in [6.45, 7) is 8.92. The molecule has 1 saturated carbocycles. The van der Waals surface area contributed by atoms with Crippen LogP contribution in [0, 0.1) is 0 Å². The molecule has 2 atom stereocenters. The van der Waals surface area contributed by atoms with Gasteiger partial charge in [0.05, 0.1) is 25.4 Å². The van der Waals surface area contributed by atoms with E-state index in [2.05, 4.69) is 20.6 Å². The molecule has 1 aromatic heterocycles. The van der Waals surface area contributed by atoms with Crippen molar-refractivity contribution in [3.05, 3.63) is 18.1 Å². The third-order valence-corrected chi connectivity index (χ3v) is 6.18. The molecule has 0 radical (unpaired) electrons. The summed E-state index contributed by atoms with van der Waals surface area (Å²) in [5.41, 5.74) is 0.259. The Bertz CT molecular complexity index is 822. The Kier molecular flexibility index (Phi) is 10.1. The normalized spacial score (nSPS) is 24.9. The molecule has 1 aromatic rings. The number of nitrogens with zero attached hydrogens (tertiary/aromatic N) is 2. The molecule has 2 heterocycles. The first-order valence-corrected chi connectivity index (χ1v) is 12.7. The molecule has 3 rings (SSSR count). The van der Waals surface area contributed by atoms with Crippen molar-refractivity contribution in [1.29, 1.82) is 0 Å². The van der Waals surface area contributed by atoms with Crippen molar-refractivity contribution in [2.45, 2.75) is 95.9 Å². The van der Waals surface area contributed by atoms with Crippen LogP contribution >= 0.6 is 0 Å². The average Bonchev–Trinajstić information content (AvgIpc) is 2.82. The summed E-state index contributed by atoms with van der Waals surface area (Å²) in [5, 5.41) is 6.49. The largest absolute Gasteiger partial charge is 0.464 e. The smallest absolute Gasteiger partial charge is 0.407 e. The summed E-state index contributed by atoms with van der Waals surface area (Å²) < 4.78 is 22.2. The van der Waals surface area contributed by atoms with Crippen molar-refractivity contribution >= 4 is 12.1 Å². The lowest BCUT2D eigenvalue weighted by atomic mass is 9.85. The van der Waals surface area contributed by atoms with E-state index in [9.17, 15) is 9.59 Å². The zero-order valence-corrected chi connectivity index (χ0v) is 21.4. The molecule has 10 nitrogen and oxygen atoms in total. The van der Waals surface area contributed by atoms with E-state index in [-0.39, 0.29) is 36.8 Å². The summed E-state index contributed by atoms with van der Waals surface area (Å²) in [6, 6.07) is 0.0329. The molecule has 0 bridgehead atoms. The van der Waals surface area contributed by atoms with Crippen LogP contribution in [0.15, 0.2) is 12.4 Å². The Balaban J connectivity index is 1.46. The highest BCUT2D eigenvalue weighted by Gasteiger charge is 2.31. The number of carbonyl (C=O) groups excluding carboxylic acids is 2. The van der Waals surface area contributed by atoms with Crippen LogP contribution in [0.25, 0.3) is 0 Å². The lowest BCUT2D eigenvalue weighted by Gasteiger charge is -2.35. The molecule has 1 amide bonds. The van der Waals surface area contributed by atoms with Crippen molar-refractivity contribution in [2.24, 2.45) is 0 Å². The van der Waals surface area contributed by atoms with Crippen LogP contribution in [-0.4, -0.2) is 72.2 Å². The summed E-state index contributed by atoms with van der Waals surface area (Å²) in [6.07, 6.45) is 8.48. The number of hydrogen-bond acceptors (Lipinski definition) is 9. The number of aromatic nitrogens is 2. The van der Waals surface area contributed by atoms with Gasteiger partial charge in [-0.3, -0.25) is 4.98 Å². The van der Waals surface area contributed by atoms with E-state index in [1.807, 2.05) is 20.8 Å². The standard InChI is InChI=1S/C25H40N4O6/c1-5-32-21(30)16-34-23-22(27-13-14-28-23)17-8-10-18(11-9-17)33-15-20-19(7-6-12-26-20)29-24(31)35-25(2,3)4/h13-14,17-20,26H,5-12,15-16H2,1-4H3,(H,29,31)/t17-,18+,19-,20-/m0/s1. The van der Waals surface area contributed by atoms with Crippen LogP contribution in [0.1, 0.15) is 77.8 Å². The Morgan fingerprint density at radius 3 is 2.57 bits per heavy atom. The molecule has 2 N–H and O–H groups in total. The summed E-state index contributed by atoms with van der Waals surface area (Å²) in [7, 11) is 0. The van der Waals surface area contributed by atoms with Crippen molar-refractivity contribution < 1.29 is 28.5 Å². The van der Waals surface area contributed by atoms with Gasteiger partial charge in [-0.05, 0) is 72.8 Å². The predicted molar refractivity (Wildman–Crippen MR) is 129 cm³/mol. The van der Waals surface area contributed by atoms with Crippen LogP contribution in [0.2, 0.25) is 0 Å². The maximum Gasteiger partial charge on any atom is 0.407 e. The van der Waals surface area contributed by atoms with E-state index in [1.54, 1.807) is 19.3 Å². The van der Waals surface area contributed by atoms with Gasteiger partial charge in [0.15, 0.2) is 6.61 Å². The molecular formula is C25H40N4O6.